The zero-order valence-electron chi connectivity index (χ0n) is 17.9. The van der Waals surface area contributed by atoms with Crippen LogP contribution in [-0.2, 0) is 6.54 Å². The summed E-state index contributed by atoms with van der Waals surface area (Å²) in [6, 6.07) is 11.1. The molecule has 1 heterocycles. The van der Waals surface area contributed by atoms with Gasteiger partial charge in [-0.15, -0.1) is 0 Å². The average Bonchev–Trinajstić information content (AvgIpc) is 3.11. The number of aryl methyl sites for hydroxylation is 1. The van der Waals surface area contributed by atoms with Gasteiger partial charge in [-0.2, -0.15) is 0 Å². The number of carbonyl (C=O) groups is 1. The van der Waals surface area contributed by atoms with E-state index in [0.717, 1.165) is 11.1 Å². The minimum atomic E-state index is -0.609. The lowest BCUT2D eigenvalue weighted by atomic mass is 9.80. The van der Waals surface area contributed by atoms with Crippen LogP contribution in [0.1, 0.15) is 53.9 Å². The lowest BCUT2D eigenvalue weighted by molar-refractivity contribution is 0.0966. The Bertz CT molecular complexity index is 1270. The monoisotopic (exact) mass is 437 g/mol. The topological polar surface area (TPSA) is 87.3 Å². The van der Waals surface area contributed by atoms with Gasteiger partial charge in [-0.25, -0.2) is 0 Å². The highest BCUT2D eigenvalue weighted by atomic mass is 35.5. The molecule has 3 N–H and O–H groups in total. The Balaban J connectivity index is 1.72. The summed E-state index contributed by atoms with van der Waals surface area (Å²) in [6.07, 6.45) is 0. The minimum absolute atomic E-state index is 0.164. The van der Waals surface area contributed by atoms with Crippen molar-refractivity contribution >= 4 is 34.6 Å². The lowest BCUT2D eigenvalue weighted by Crippen LogP contribution is -2.39. The van der Waals surface area contributed by atoms with E-state index in [9.17, 15) is 14.4 Å². The Labute approximate surface area is 185 Å². The molecule has 160 valence electrons. The average molecular weight is 438 g/mol. The molecule has 31 heavy (non-hydrogen) atoms. The molecule has 1 atom stereocenters. The highest BCUT2D eigenvalue weighted by Crippen LogP contribution is 2.39. The lowest BCUT2D eigenvalue weighted by Gasteiger charge is -2.34. The van der Waals surface area contributed by atoms with Gasteiger partial charge in [0.2, 0.25) is 0 Å². The fourth-order valence-corrected chi connectivity index (χ4v) is 4.24. The summed E-state index contributed by atoms with van der Waals surface area (Å²) in [6.45, 7) is 8.58. The molecule has 3 aromatic carbocycles. The zero-order valence-corrected chi connectivity index (χ0v) is 18.6. The number of hydrogen-bond acceptors (Lipinski definition) is 5. The molecular weight excluding hydrogens is 414 g/mol. The van der Waals surface area contributed by atoms with Gasteiger partial charge in [0, 0.05) is 17.1 Å². The number of hydrogen-bond donors (Lipinski definition) is 3. The predicted molar refractivity (Wildman–Crippen MR) is 124 cm³/mol. The van der Waals surface area contributed by atoms with Crippen LogP contribution in [0, 0.1) is 12.3 Å². The molecule has 0 radical (unpaired) electrons. The van der Waals surface area contributed by atoms with Gasteiger partial charge in [-0.3, -0.25) is 14.4 Å². The highest BCUT2D eigenvalue weighted by molar-refractivity contribution is 6.32. The first kappa shape index (κ1) is 21.1. The summed E-state index contributed by atoms with van der Waals surface area (Å²) in [5, 5.41) is 9.55. The van der Waals surface area contributed by atoms with Gasteiger partial charge in [-0.05, 0) is 35.6 Å². The first-order valence-corrected chi connectivity index (χ1v) is 10.5. The fraction of sp³-hybridized carbons (Fsp3) is 0.292. The molecule has 0 fully saturated rings. The number of benzene rings is 2. The predicted octanol–water partition coefficient (Wildman–Crippen LogP) is 4.43. The standard InChI is InChI=1S/C24H24ClN3O3/c1-12-7-5-6-8-13(12)22(24(2,3)4)28-19-18(20(29)21(19)30)27-16-10-9-15(25)14-11-26-23(31)17(14)16/h5-10,22,27-28H,11H2,1-4H3,(H,26,31)/t22-/m0/s1. The van der Waals surface area contributed by atoms with E-state index in [1.165, 1.54) is 0 Å². The van der Waals surface area contributed by atoms with Crippen LogP contribution >= 0.6 is 11.6 Å². The third kappa shape index (κ3) is 3.61. The number of anilines is 3. The van der Waals surface area contributed by atoms with Gasteiger partial charge < -0.3 is 16.0 Å². The summed E-state index contributed by atoms with van der Waals surface area (Å²) in [5.41, 5.74) is 2.67. The maximum absolute atomic E-state index is 12.5. The molecule has 0 unspecified atom stereocenters. The van der Waals surface area contributed by atoms with E-state index in [-0.39, 0.29) is 28.7 Å². The van der Waals surface area contributed by atoms with Crippen molar-refractivity contribution in [2.75, 3.05) is 10.6 Å². The van der Waals surface area contributed by atoms with E-state index in [1.54, 1.807) is 12.1 Å². The number of carbonyl (C=O) groups excluding carboxylic acids is 1. The van der Waals surface area contributed by atoms with Crippen molar-refractivity contribution in [1.82, 2.24) is 5.32 Å². The van der Waals surface area contributed by atoms with Crippen molar-refractivity contribution in [1.29, 1.82) is 0 Å². The zero-order chi connectivity index (χ0) is 22.5. The number of halogens is 1. The molecule has 0 bridgehead atoms. The van der Waals surface area contributed by atoms with Gasteiger partial charge in [0.05, 0.1) is 17.3 Å². The molecule has 1 aliphatic rings. The maximum atomic E-state index is 12.5. The number of rotatable bonds is 5. The third-order valence-corrected chi connectivity index (χ3v) is 6.09. The van der Waals surface area contributed by atoms with Crippen LogP contribution in [0.2, 0.25) is 5.02 Å². The second-order valence-corrected chi connectivity index (χ2v) is 9.37. The number of nitrogens with one attached hydrogen (secondary N) is 3. The number of fused-ring (bicyclic) bond motifs is 1. The largest absolute Gasteiger partial charge is 0.373 e. The molecule has 6 nitrogen and oxygen atoms in total. The van der Waals surface area contributed by atoms with E-state index in [0.29, 0.717) is 28.4 Å². The second kappa shape index (κ2) is 7.54. The summed E-state index contributed by atoms with van der Waals surface area (Å²) in [7, 11) is 0. The van der Waals surface area contributed by atoms with Crippen LogP contribution in [0.15, 0.2) is 46.0 Å². The number of amides is 1. The molecule has 0 spiro atoms. The summed E-state index contributed by atoms with van der Waals surface area (Å²) >= 11 is 6.21. The normalized spacial score (nSPS) is 14.3. The Morgan fingerprint density at radius 3 is 2.35 bits per heavy atom. The van der Waals surface area contributed by atoms with Crippen LogP contribution in [0.25, 0.3) is 0 Å². The smallest absolute Gasteiger partial charge is 0.254 e. The van der Waals surface area contributed by atoms with Crippen molar-refractivity contribution in [3.8, 4) is 0 Å². The van der Waals surface area contributed by atoms with Crippen LogP contribution < -0.4 is 26.8 Å². The van der Waals surface area contributed by atoms with Gasteiger partial charge >= 0.3 is 0 Å². The van der Waals surface area contributed by atoms with E-state index < -0.39 is 10.9 Å². The Hall–Kier alpha value is -3.12. The quantitative estimate of drug-likeness (QED) is 0.514. The minimum Gasteiger partial charge on any atom is -0.373 e. The van der Waals surface area contributed by atoms with Gasteiger partial charge in [-0.1, -0.05) is 56.6 Å². The van der Waals surface area contributed by atoms with Crippen LogP contribution in [0.3, 0.4) is 0 Å². The molecule has 4 rings (SSSR count). The molecule has 0 aromatic heterocycles. The fourth-order valence-electron chi connectivity index (χ4n) is 4.01. The summed E-state index contributed by atoms with van der Waals surface area (Å²) in [5.74, 6) is -0.263. The molecule has 0 saturated carbocycles. The second-order valence-electron chi connectivity index (χ2n) is 8.96. The van der Waals surface area contributed by atoms with Crippen molar-refractivity contribution in [2.45, 2.75) is 40.3 Å². The molecular formula is C24H24ClN3O3. The van der Waals surface area contributed by atoms with Crippen LogP contribution in [0.5, 0.6) is 0 Å². The molecule has 0 saturated heterocycles. The maximum Gasteiger partial charge on any atom is 0.254 e. The van der Waals surface area contributed by atoms with Gasteiger partial charge in [0.15, 0.2) is 0 Å². The van der Waals surface area contributed by atoms with Crippen molar-refractivity contribution in [3.05, 3.63) is 84.1 Å². The molecule has 1 aliphatic heterocycles. The first-order chi connectivity index (χ1) is 14.6. The van der Waals surface area contributed by atoms with E-state index in [1.807, 2.05) is 31.2 Å². The van der Waals surface area contributed by atoms with Crippen molar-refractivity contribution in [3.63, 3.8) is 0 Å². The Morgan fingerprint density at radius 2 is 1.68 bits per heavy atom. The highest BCUT2D eigenvalue weighted by Gasteiger charge is 2.33. The van der Waals surface area contributed by atoms with Gasteiger partial charge in [0.1, 0.15) is 11.4 Å². The van der Waals surface area contributed by atoms with E-state index >= 15 is 0 Å². The molecule has 1 amide bonds. The summed E-state index contributed by atoms with van der Waals surface area (Å²) < 4.78 is 0. The van der Waals surface area contributed by atoms with Crippen LogP contribution in [-0.4, -0.2) is 5.91 Å². The van der Waals surface area contributed by atoms with E-state index in [4.69, 9.17) is 11.6 Å². The van der Waals surface area contributed by atoms with Crippen molar-refractivity contribution in [2.24, 2.45) is 5.41 Å². The first-order valence-electron chi connectivity index (χ1n) is 10.1. The Kier molecular flexibility index (Phi) is 5.13. The van der Waals surface area contributed by atoms with Gasteiger partial charge in [0.25, 0.3) is 16.8 Å². The third-order valence-electron chi connectivity index (χ3n) is 5.73. The van der Waals surface area contributed by atoms with Crippen LogP contribution in [0.4, 0.5) is 17.1 Å². The SMILES string of the molecule is Cc1ccccc1[C@H](Nc1c(Nc2ccc(Cl)c3c2C(=O)NC3)c(=O)c1=O)C(C)(C)C. The molecule has 0 aliphatic carbocycles. The van der Waals surface area contributed by atoms with E-state index in [2.05, 4.69) is 36.7 Å². The summed E-state index contributed by atoms with van der Waals surface area (Å²) in [4.78, 5) is 37.2. The molecule has 3 aromatic rings. The Morgan fingerprint density at radius 1 is 1.00 bits per heavy atom. The van der Waals surface area contributed by atoms with Crippen molar-refractivity contribution < 1.29 is 4.79 Å². The molecule has 7 heteroatoms.